The summed E-state index contributed by atoms with van der Waals surface area (Å²) in [5, 5.41) is 6.08. The lowest BCUT2D eigenvalue weighted by atomic mass is 10.1. The lowest BCUT2D eigenvalue weighted by molar-refractivity contribution is -0.116. The van der Waals surface area contributed by atoms with Crippen LogP contribution in [0.2, 0.25) is 5.02 Å². The van der Waals surface area contributed by atoms with Gasteiger partial charge in [-0.1, -0.05) is 23.7 Å². The number of hydrogen-bond donors (Lipinski definition) is 2. The van der Waals surface area contributed by atoms with Crippen LogP contribution in [-0.2, 0) is 4.79 Å². The second-order valence-electron chi connectivity index (χ2n) is 7.34. The van der Waals surface area contributed by atoms with E-state index in [1.165, 1.54) is 0 Å². The lowest BCUT2D eigenvalue weighted by Gasteiger charge is -2.18. The Morgan fingerprint density at radius 2 is 1.39 bits per heavy atom. The van der Waals surface area contributed by atoms with E-state index in [9.17, 15) is 14.4 Å². The van der Waals surface area contributed by atoms with E-state index < -0.39 is 0 Å². The van der Waals surface area contributed by atoms with Crippen molar-refractivity contribution in [2.75, 3.05) is 23.8 Å². The number of para-hydroxylation sites is 2. The highest BCUT2D eigenvalue weighted by Crippen LogP contribution is 2.31. The third kappa shape index (κ3) is 5.70. The van der Waals surface area contributed by atoms with E-state index >= 15 is 0 Å². The number of anilines is 2. The van der Waals surface area contributed by atoms with E-state index in [1.54, 1.807) is 66.7 Å². The van der Waals surface area contributed by atoms with Gasteiger partial charge in [-0.05, 0) is 54.6 Å². The fourth-order valence-corrected chi connectivity index (χ4v) is 3.42. The number of amides is 2. The van der Waals surface area contributed by atoms with E-state index in [2.05, 4.69) is 10.6 Å². The minimum Gasteiger partial charge on any atom is -0.486 e. The molecule has 4 rings (SSSR count). The van der Waals surface area contributed by atoms with Gasteiger partial charge in [-0.3, -0.25) is 14.4 Å². The molecule has 0 atom stereocenters. The average molecular weight is 465 g/mol. The molecule has 8 heteroatoms. The topological polar surface area (TPSA) is 93.7 Å². The monoisotopic (exact) mass is 464 g/mol. The number of nitrogens with one attached hydrogen (secondary N) is 2. The number of benzene rings is 3. The van der Waals surface area contributed by atoms with Crippen LogP contribution in [-0.4, -0.2) is 30.8 Å². The summed E-state index contributed by atoms with van der Waals surface area (Å²) < 4.78 is 11.0. The fraction of sp³-hybridized carbons (Fsp3) is 0.160. The Balaban J connectivity index is 1.35. The first kappa shape index (κ1) is 22.4. The summed E-state index contributed by atoms with van der Waals surface area (Å²) in [6, 6.07) is 18.3. The van der Waals surface area contributed by atoms with Gasteiger partial charge in [0.05, 0.1) is 11.4 Å². The second-order valence-corrected chi connectivity index (χ2v) is 7.77. The minimum absolute atomic E-state index is 0.00720. The van der Waals surface area contributed by atoms with Crippen LogP contribution in [0.4, 0.5) is 11.4 Å². The summed E-state index contributed by atoms with van der Waals surface area (Å²) in [6.45, 7) is 0.906. The van der Waals surface area contributed by atoms with Crippen LogP contribution in [0.5, 0.6) is 11.5 Å². The zero-order chi connectivity index (χ0) is 23.2. The Morgan fingerprint density at radius 1 is 0.758 bits per heavy atom. The normalized spacial score (nSPS) is 12.0. The van der Waals surface area contributed by atoms with Gasteiger partial charge in [-0.2, -0.15) is 0 Å². The number of Topliss-reactive ketones (excluding diaryl/α,β-unsaturated/α-hetero) is 1. The lowest BCUT2D eigenvalue weighted by Crippen LogP contribution is -2.17. The number of halogens is 1. The molecule has 3 aromatic carbocycles. The van der Waals surface area contributed by atoms with Gasteiger partial charge in [0.15, 0.2) is 17.3 Å². The molecule has 0 unspecified atom stereocenters. The molecule has 1 heterocycles. The second kappa shape index (κ2) is 10.2. The van der Waals surface area contributed by atoms with Gasteiger partial charge < -0.3 is 20.1 Å². The quantitative estimate of drug-likeness (QED) is 0.482. The van der Waals surface area contributed by atoms with Crippen molar-refractivity contribution < 1.29 is 23.9 Å². The Hall–Kier alpha value is -3.84. The number of rotatable bonds is 7. The van der Waals surface area contributed by atoms with Crippen LogP contribution >= 0.6 is 11.6 Å². The van der Waals surface area contributed by atoms with Crippen molar-refractivity contribution in [3.8, 4) is 11.5 Å². The van der Waals surface area contributed by atoms with Crippen molar-refractivity contribution >= 4 is 40.6 Å². The first-order chi connectivity index (χ1) is 16.0. The van der Waals surface area contributed by atoms with Gasteiger partial charge in [-0.25, -0.2) is 0 Å². The molecule has 7 nitrogen and oxygen atoms in total. The maximum Gasteiger partial charge on any atom is 0.255 e. The summed E-state index contributed by atoms with van der Waals surface area (Å²) in [5.74, 6) is 0.289. The summed E-state index contributed by atoms with van der Waals surface area (Å²) in [6.07, 6.45) is 0.0253. The highest BCUT2D eigenvalue weighted by atomic mass is 35.5. The van der Waals surface area contributed by atoms with E-state index in [4.69, 9.17) is 21.1 Å². The molecule has 33 heavy (non-hydrogen) atoms. The minimum atomic E-state index is -0.339. The van der Waals surface area contributed by atoms with Crippen LogP contribution in [0.25, 0.3) is 0 Å². The molecule has 0 aromatic heterocycles. The summed E-state index contributed by atoms with van der Waals surface area (Å²) >= 11 is 5.87. The molecule has 0 radical (unpaired) electrons. The van der Waals surface area contributed by atoms with E-state index in [0.717, 1.165) is 0 Å². The van der Waals surface area contributed by atoms with Crippen molar-refractivity contribution in [2.45, 2.75) is 12.8 Å². The summed E-state index contributed by atoms with van der Waals surface area (Å²) in [5.41, 5.74) is 1.79. The molecule has 3 aromatic rings. The van der Waals surface area contributed by atoms with Gasteiger partial charge in [0.2, 0.25) is 5.91 Å². The van der Waals surface area contributed by atoms with Crippen molar-refractivity contribution in [3.63, 3.8) is 0 Å². The maximum atomic E-state index is 12.5. The predicted octanol–water partition coefficient (Wildman–Crippen LogP) is 4.97. The number of fused-ring (bicyclic) bond motifs is 1. The Morgan fingerprint density at radius 3 is 2.12 bits per heavy atom. The van der Waals surface area contributed by atoms with Crippen molar-refractivity contribution in [2.24, 2.45) is 0 Å². The third-order valence-electron chi connectivity index (χ3n) is 5.00. The first-order valence-electron chi connectivity index (χ1n) is 10.4. The molecule has 1 aliphatic rings. The molecule has 1 aliphatic heterocycles. The van der Waals surface area contributed by atoms with Crippen molar-refractivity contribution in [1.82, 2.24) is 0 Å². The Kier molecular flexibility index (Phi) is 6.90. The molecule has 0 bridgehead atoms. The molecule has 2 N–H and O–H groups in total. The highest BCUT2D eigenvalue weighted by molar-refractivity contribution is 6.30. The summed E-state index contributed by atoms with van der Waals surface area (Å²) in [4.78, 5) is 37.5. The largest absolute Gasteiger partial charge is 0.486 e. The molecule has 0 saturated heterocycles. The summed E-state index contributed by atoms with van der Waals surface area (Å²) in [7, 11) is 0. The molecular formula is C25H21ClN2O5. The van der Waals surface area contributed by atoms with Crippen LogP contribution in [0.3, 0.4) is 0 Å². The molecule has 0 fully saturated rings. The number of carbonyl (C=O) groups excluding carboxylic acids is 3. The molecule has 2 amide bonds. The van der Waals surface area contributed by atoms with E-state index in [1.807, 2.05) is 0 Å². The number of carbonyl (C=O) groups is 3. The molecule has 168 valence electrons. The smallest absolute Gasteiger partial charge is 0.255 e. The Labute approximate surface area is 195 Å². The SMILES string of the molecule is O=C(CCC(=O)c1ccc2c(c1)OCCO2)Nc1ccccc1NC(=O)c1ccc(Cl)cc1. The fourth-order valence-electron chi connectivity index (χ4n) is 3.30. The highest BCUT2D eigenvalue weighted by Gasteiger charge is 2.17. The zero-order valence-corrected chi connectivity index (χ0v) is 18.4. The molecule has 0 aliphatic carbocycles. The number of ether oxygens (including phenoxy) is 2. The van der Waals surface area contributed by atoms with Crippen molar-refractivity contribution in [3.05, 3.63) is 82.9 Å². The van der Waals surface area contributed by atoms with E-state index in [0.29, 0.717) is 52.2 Å². The van der Waals surface area contributed by atoms with Crippen LogP contribution in [0.1, 0.15) is 33.6 Å². The van der Waals surface area contributed by atoms with Crippen LogP contribution in [0.15, 0.2) is 66.7 Å². The van der Waals surface area contributed by atoms with Gasteiger partial charge in [0.25, 0.3) is 5.91 Å². The third-order valence-corrected chi connectivity index (χ3v) is 5.25. The van der Waals surface area contributed by atoms with Crippen molar-refractivity contribution in [1.29, 1.82) is 0 Å². The van der Waals surface area contributed by atoms with Gasteiger partial charge in [0, 0.05) is 29.0 Å². The molecule has 0 saturated carbocycles. The number of hydrogen-bond acceptors (Lipinski definition) is 5. The Bertz CT molecular complexity index is 1190. The predicted molar refractivity (Wildman–Crippen MR) is 125 cm³/mol. The average Bonchev–Trinajstić information content (AvgIpc) is 2.84. The van der Waals surface area contributed by atoms with E-state index in [-0.39, 0.29) is 30.4 Å². The van der Waals surface area contributed by atoms with Gasteiger partial charge >= 0.3 is 0 Å². The zero-order valence-electron chi connectivity index (χ0n) is 17.6. The van der Waals surface area contributed by atoms with Crippen LogP contribution in [0, 0.1) is 0 Å². The molecular weight excluding hydrogens is 444 g/mol. The number of ketones is 1. The maximum absolute atomic E-state index is 12.5. The molecule has 0 spiro atoms. The van der Waals surface area contributed by atoms with Gasteiger partial charge in [-0.15, -0.1) is 0 Å². The van der Waals surface area contributed by atoms with Gasteiger partial charge in [0.1, 0.15) is 13.2 Å². The standard InChI is InChI=1S/C25H21ClN2O5/c26-18-8-5-16(6-9-18)25(31)28-20-4-2-1-3-19(20)27-24(30)12-10-21(29)17-7-11-22-23(15-17)33-14-13-32-22/h1-9,11,15H,10,12-14H2,(H,27,30)(H,28,31). The van der Waals surface area contributed by atoms with Crippen LogP contribution < -0.4 is 20.1 Å². The first-order valence-corrected chi connectivity index (χ1v) is 10.8.